The standard InChI is InChI=1S/C24H34N6O3/c1-24(2,3)30-22(26-27-28-30)15-29(18-9-7-6-8-10-18)14-17-11-16-12-20(32-4)21(33-5)13-19(16)25-23(17)31/h11-13,18H,6-10,14-15H2,1-5H3,(H,25,31). The Morgan fingerprint density at radius 3 is 2.42 bits per heavy atom. The van der Waals surface area contributed by atoms with Crippen LogP contribution in [0.1, 0.15) is 64.3 Å². The van der Waals surface area contributed by atoms with Gasteiger partial charge in [-0.15, -0.1) is 5.10 Å². The molecule has 178 valence electrons. The van der Waals surface area contributed by atoms with Crippen LogP contribution >= 0.6 is 0 Å². The van der Waals surface area contributed by atoms with Gasteiger partial charge in [-0.25, -0.2) is 4.68 Å². The molecule has 0 unspecified atom stereocenters. The summed E-state index contributed by atoms with van der Waals surface area (Å²) in [5, 5.41) is 13.4. The third kappa shape index (κ3) is 5.03. The molecule has 0 saturated heterocycles. The highest BCUT2D eigenvalue weighted by Gasteiger charge is 2.27. The number of benzene rings is 1. The average Bonchev–Trinajstić information content (AvgIpc) is 3.27. The Kier molecular flexibility index (Phi) is 6.69. The van der Waals surface area contributed by atoms with Crippen LogP contribution in [-0.4, -0.2) is 50.4 Å². The summed E-state index contributed by atoms with van der Waals surface area (Å²) >= 11 is 0. The zero-order valence-electron chi connectivity index (χ0n) is 20.2. The minimum Gasteiger partial charge on any atom is -0.493 e. The first kappa shape index (κ1) is 23.2. The van der Waals surface area contributed by atoms with Crippen molar-refractivity contribution in [3.63, 3.8) is 0 Å². The topological polar surface area (TPSA) is 98.2 Å². The summed E-state index contributed by atoms with van der Waals surface area (Å²) in [6.07, 6.45) is 5.91. The van der Waals surface area contributed by atoms with Crippen LogP contribution in [0.15, 0.2) is 23.0 Å². The molecule has 1 N–H and O–H groups in total. The number of aromatic nitrogens is 5. The highest BCUT2D eigenvalue weighted by atomic mass is 16.5. The molecule has 9 heteroatoms. The summed E-state index contributed by atoms with van der Waals surface area (Å²) in [4.78, 5) is 18.4. The Morgan fingerprint density at radius 1 is 1.06 bits per heavy atom. The normalized spacial score (nSPS) is 15.3. The van der Waals surface area contributed by atoms with Crippen molar-refractivity contribution in [3.05, 3.63) is 39.9 Å². The van der Waals surface area contributed by atoms with Gasteiger partial charge in [-0.2, -0.15) is 0 Å². The van der Waals surface area contributed by atoms with E-state index in [1.54, 1.807) is 20.3 Å². The van der Waals surface area contributed by atoms with Gasteiger partial charge in [0.2, 0.25) is 0 Å². The molecule has 2 aromatic heterocycles. The fraction of sp³-hybridized carbons (Fsp3) is 0.583. The molecule has 0 amide bonds. The third-order valence-electron chi connectivity index (χ3n) is 6.40. The van der Waals surface area contributed by atoms with Gasteiger partial charge in [0.1, 0.15) is 0 Å². The second-order valence-corrected chi connectivity index (χ2v) is 9.79. The van der Waals surface area contributed by atoms with Crippen molar-refractivity contribution in [2.45, 2.75) is 77.5 Å². The third-order valence-corrected chi connectivity index (χ3v) is 6.40. The highest BCUT2D eigenvalue weighted by molar-refractivity contribution is 5.83. The molecule has 0 spiro atoms. The van der Waals surface area contributed by atoms with Gasteiger partial charge >= 0.3 is 0 Å². The molecule has 1 fully saturated rings. The van der Waals surface area contributed by atoms with E-state index in [4.69, 9.17) is 9.47 Å². The van der Waals surface area contributed by atoms with E-state index >= 15 is 0 Å². The first-order valence-corrected chi connectivity index (χ1v) is 11.6. The summed E-state index contributed by atoms with van der Waals surface area (Å²) in [6.45, 7) is 7.40. The van der Waals surface area contributed by atoms with E-state index in [2.05, 4.69) is 46.2 Å². The van der Waals surface area contributed by atoms with Crippen LogP contribution in [0.2, 0.25) is 0 Å². The fourth-order valence-corrected chi connectivity index (χ4v) is 4.68. The first-order chi connectivity index (χ1) is 15.8. The van der Waals surface area contributed by atoms with Gasteiger partial charge in [-0.1, -0.05) is 19.3 Å². The molecule has 0 aliphatic heterocycles. The molecule has 1 aliphatic rings. The molecule has 3 aromatic rings. The molecule has 2 heterocycles. The van der Waals surface area contributed by atoms with E-state index in [1.165, 1.54) is 19.3 Å². The number of pyridine rings is 1. The molecule has 9 nitrogen and oxygen atoms in total. The number of nitrogens with zero attached hydrogens (tertiary/aromatic N) is 5. The molecule has 0 bridgehead atoms. The van der Waals surface area contributed by atoms with E-state index < -0.39 is 0 Å². The predicted octanol–water partition coefficient (Wildman–Crippen LogP) is 3.62. The van der Waals surface area contributed by atoms with Gasteiger partial charge in [0.25, 0.3) is 5.56 Å². The van der Waals surface area contributed by atoms with Crippen molar-refractivity contribution >= 4 is 10.9 Å². The largest absolute Gasteiger partial charge is 0.493 e. The lowest BCUT2D eigenvalue weighted by Gasteiger charge is -2.34. The maximum absolute atomic E-state index is 13.0. The first-order valence-electron chi connectivity index (χ1n) is 11.6. The Bertz CT molecular complexity index is 1160. The Labute approximate surface area is 194 Å². The van der Waals surface area contributed by atoms with Crippen molar-refractivity contribution in [1.82, 2.24) is 30.1 Å². The number of nitrogens with one attached hydrogen (secondary N) is 1. The summed E-state index contributed by atoms with van der Waals surface area (Å²) in [6, 6.07) is 6.05. The van der Waals surface area contributed by atoms with Crippen LogP contribution in [0.4, 0.5) is 0 Å². The Balaban J connectivity index is 1.69. The lowest BCUT2D eigenvalue weighted by atomic mass is 9.93. The summed E-state index contributed by atoms with van der Waals surface area (Å²) in [7, 11) is 3.20. The summed E-state index contributed by atoms with van der Waals surface area (Å²) in [5.74, 6) is 2.04. The number of aromatic amines is 1. The molecule has 0 atom stereocenters. The monoisotopic (exact) mass is 454 g/mol. The van der Waals surface area contributed by atoms with Gasteiger partial charge in [0.05, 0.1) is 31.8 Å². The second-order valence-electron chi connectivity index (χ2n) is 9.79. The van der Waals surface area contributed by atoms with Gasteiger partial charge < -0.3 is 14.5 Å². The molecular weight excluding hydrogens is 420 g/mol. The number of hydrogen-bond acceptors (Lipinski definition) is 7. The van der Waals surface area contributed by atoms with Crippen LogP contribution in [-0.2, 0) is 18.6 Å². The summed E-state index contributed by atoms with van der Waals surface area (Å²) < 4.78 is 12.7. The average molecular weight is 455 g/mol. The smallest absolute Gasteiger partial charge is 0.252 e. The Morgan fingerprint density at radius 2 is 1.76 bits per heavy atom. The van der Waals surface area contributed by atoms with E-state index in [-0.39, 0.29) is 11.1 Å². The van der Waals surface area contributed by atoms with Crippen LogP contribution < -0.4 is 15.0 Å². The zero-order chi connectivity index (χ0) is 23.6. The maximum atomic E-state index is 13.0. The van der Waals surface area contributed by atoms with Crippen molar-refractivity contribution in [2.24, 2.45) is 0 Å². The molecule has 0 radical (unpaired) electrons. The van der Waals surface area contributed by atoms with E-state index in [9.17, 15) is 4.79 Å². The molecular formula is C24H34N6O3. The van der Waals surface area contributed by atoms with Gasteiger partial charge in [0.15, 0.2) is 17.3 Å². The maximum Gasteiger partial charge on any atom is 0.252 e. The number of rotatable bonds is 7. The second kappa shape index (κ2) is 9.51. The number of H-pyrrole nitrogens is 1. The molecule has 4 rings (SSSR count). The minimum atomic E-state index is -0.215. The molecule has 1 saturated carbocycles. The minimum absolute atomic E-state index is 0.0917. The van der Waals surface area contributed by atoms with Crippen molar-refractivity contribution < 1.29 is 9.47 Å². The van der Waals surface area contributed by atoms with Crippen LogP contribution in [0.25, 0.3) is 10.9 Å². The lowest BCUT2D eigenvalue weighted by molar-refractivity contribution is 0.130. The number of fused-ring (bicyclic) bond motifs is 1. The van der Waals surface area contributed by atoms with Crippen molar-refractivity contribution in [2.75, 3.05) is 14.2 Å². The number of hydrogen-bond donors (Lipinski definition) is 1. The number of tetrazole rings is 1. The van der Waals surface area contributed by atoms with Gasteiger partial charge in [-0.3, -0.25) is 9.69 Å². The predicted molar refractivity (Wildman–Crippen MR) is 127 cm³/mol. The lowest BCUT2D eigenvalue weighted by Crippen LogP contribution is -2.39. The van der Waals surface area contributed by atoms with E-state index in [0.717, 1.165) is 35.1 Å². The quantitative estimate of drug-likeness (QED) is 0.582. The van der Waals surface area contributed by atoms with E-state index in [1.807, 2.05) is 16.8 Å². The van der Waals surface area contributed by atoms with Crippen LogP contribution in [0.5, 0.6) is 11.5 Å². The Hall–Kier alpha value is -2.94. The highest BCUT2D eigenvalue weighted by Crippen LogP contribution is 2.32. The van der Waals surface area contributed by atoms with Gasteiger partial charge in [0, 0.05) is 29.6 Å². The fourth-order valence-electron chi connectivity index (χ4n) is 4.68. The SMILES string of the molecule is COc1cc2cc(CN(Cc3nnnn3C(C)(C)C)C3CCCCC3)c(=O)[nH]c2cc1OC. The zero-order valence-corrected chi connectivity index (χ0v) is 20.2. The van der Waals surface area contributed by atoms with E-state index in [0.29, 0.717) is 30.6 Å². The van der Waals surface area contributed by atoms with Crippen molar-refractivity contribution in [1.29, 1.82) is 0 Å². The van der Waals surface area contributed by atoms with Crippen LogP contribution in [0, 0.1) is 0 Å². The van der Waals surface area contributed by atoms with Crippen molar-refractivity contribution in [3.8, 4) is 11.5 Å². The molecule has 1 aromatic carbocycles. The number of ether oxygens (including phenoxy) is 2. The molecule has 1 aliphatic carbocycles. The number of methoxy groups -OCH3 is 2. The van der Waals surface area contributed by atoms with Gasteiger partial charge in [-0.05, 0) is 56.2 Å². The summed E-state index contributed by atoms with van der Waals surface area (Å²) in [5.41, 5.74) is 1.14. The van der Waals surface area contributed by atoms with Crippen LogP contribution in [0.3, 0.4) is 0 Å². The molecule has 33 heavy (non-hydrogen) atoms.